The van der Waals surface area contributed by atoms with E-state index in [4.69, 9.17) is 9.47 Å². The van der Waals surface area contributed by atoms with Gasteiger partial charge in [-0.15, -0.1) is 11.3 Å². The number of thiazole rings is 1. The first-order valence-corrected chi connectivity index (χ1v) is 11.4. The number of amides is 1. The second-order valence-electron chi connectivity index (χ2n) is 7.41. The quantitative estimate of drug-likeness (QED) is 0.256. The Balaban J connectivity index is 1.38. The number of hydrazone groups is 1. The molecule has 172 valence electrons. The molecule has 34 heavy (non-hydrogen) atoms. The minimum absolute atomic E-state index is 0.310. The molecule has 3 aromatic carbocycles. The molecule has 0 radical (unpaired) electrons. The van der Waals surface area contributed by atoms with E-state index < -0.39 is 0 Å². The highest BCUT2D eigenvalue weighted by Crippen LogP contribution is 2.27. The zero-order chi connectivity index (χ0) is 23.9. The number of nitrogens with one attached hydrogen (secondary N) is 2. The van der Waals surface area contributed by atoms with Crippen LogP contribution in [0.4, 0.5) is 10.8 Å². The zero-order valence-electron chi connectivity index (χ0n) is 19.0. The molecule has 0 aliphatic rings. The Bertz CT molecular complexity index is 1300. The van der Waals surface area contributed by atoms with Gasteiger partial charge in [0.1, 0.15) is 11.5 Å². The molecular formula is C26H24N4O3S. The van der Waals surface area contributed by atoms with Gasteiger partial charge in [0.15, 0.2) is 5.13 Å². The van der Waals surface area contributed by atoms with Crippen LogP contribution in [0.5, 0.6) is 11.5 Å². The van der Waals surface area contributed by atoms with Crippen LogP contribution in [0, 0.1) is 6.92 Å². The summed E-state index contributed by atoms with van der Waals surface area (Å²) in [5.74, 6) is 0.966. The lowest BCUT2D eigenvalue weighted by Gasteiger charge is -2.07. The van der Waals surface area contributed by atoms with E-state index in [1.54, 1.807) is 44.6 Å². The number of ether oxygens (including phenoxy) is 2. The minimum Gasteiger partial charge on any atom is -0.497 e. The number of hydrogen-bond acceptors (Lipinski definition) is 7. The van der Waals surface area contributed by atoms with Gasteiger partial charge in [0, 0.05) is 33.8 Å². The Hall–Kier alpha value is -4.17. The first-order valence-electron chi connectivity index (χ1n) is 10.5. The number of hydrogen-bond donors (Lipinski definition) is 2. The number of carbonyl (C=O) groups excluding carboxylic acids is 1. The summed E-state index contributed by atoms with van der Waals surface area (Å²) in [6.07, 6.45) is 1.53. The van der Waals surface area contributed by atoms with E-state index in [1.165, 1.54) is 23.1 Å². The van der Waals surface area contributed by atoms with Crippen LogP contribution in [0.25, 0.3) is 11.3 Å². The van der Waals surface area contributed by atoms with Gasteiger partial charge in [-0.05, 0) is 43.3 Å². The number of aryl methyl sites for hydroxylation is 1. The highest BCUT2D eigenvalue weighted by molar-refractivity contribution is 7.14. The number of rotatable bonds is 8. The summed E-state index contributed by atoms with van der Waals surface area (Å²) in [4.78, 5) is 17.1. The maximum Gasteiger partial charge on any atom is 0.271 e. The summed E-state index contributed by atoms with van der Waals surface area (Å²) in [5.41, 5.74) is 7.73. The van der Waals surface area contributed by atoms with Crippen molar-refractivity contribution in [1.82, 2.24) is 10.4 Å². The number of methoxy groups -OCH3 is 2. The molecule has 0 saturated heterocycles. The van der Waals surface area contributed by atoms with Crippen LogP contribution in [-0.4, -0.2) is 31.3 Å². The van der Waals surface area contributed by atoms with Crippen LogP contribution >= 0.6 is 11.3 Å². The molecule has 0 aliphatic carbocycles. The molecule has 4 rings (SSSR count). The lowest BCUT2D eigenvalue weighted by atomic mass is 10.1. The lowest BCUT2D eigenvalue weighted by Crippen LogP contribution is -2.17. The molecule has 0 spiro atoms. The van der Waals surface area contributed by atoms with Crippen LogP contribution in [0.2, 0.25) is 0 Å². The van der Waals surface area contributed by atoms with Gasteiger partial charge in [0.05, 0.1) is 26.1 Å². The fraction of sp³-hybridized carbons (Fsp3) is 0.115. The molecule has 0 saturated carbocycles. The molecule has 0 atom stereocenters. The predicted octanol–water partition coefficient (Wildman–Crippen LogP) is 5.64. The highest BCUT2D eigenvalue weighted by Gasteiger charge is 2.09. The molecule has 1 amide bonds. The molecule has 4 aromatic rings. The van der Waals surface area contributed by atoms with Crippen LogP contribution < -0.4 is 20.2 Å². The number of anilines is 2. The van der Waals surface area contributed by atoms with Crippen molar-refractivity contribution in [3.63, 3.8) is 0 Å². The maximum atomic E-state index is 12.5. The number of nitrogens with zero attached hydrogens (tertiary/aromatic N) is 2. The van der Waals surface area contributed by atoms with Crippen molar-refractivity contribution in [2.24, 2.45) is 5.10 Å². The molecule has 0 fully saturated rings. The maximum absolute atomic E-state index is 12.5. The van der Waals surface area contributed by atoms with Gasteiger partial charge in [-0.3, -0.25) is 4.79 Å². The van der Waals surface area contributed by atoms with Crippen molar-refractivity contribution in [3.8, 4) is 22.8 Å². The Labute approximate surface area is 202 Å². The SMILES string of the molecule is COc1ccc(C=NNC(=O)c2ccc(-c3csc(Nc4ccc(C)cc4)n3)cc2)c(OC)c1. The highest BCUT2D eigenvalue weighted by atomic mass is 32.1. The second kappa shape index (κ2) is 10.6. The molecule has 1 aromatic heterocycles. The Morgan fingerprint density at radius 2 is 1.76 bits per heavy atom. The van der Waals surface area contributed by atoms with Crippen molar-refractivity contribution >= 4 is 34.3 Å². The Morgan fingerprint density at radius 1 is 1.00 bits per heavy atom. The van der Waals surface area contributed by atoms with Crippen molar-refractivity contribution < 1.29 is 14.3 Å². The van der Waals surface area contributed by atoms with Gasteiger partial charge in [0.2, 0.25) is 0 Å². The van der Waals surface area contributed by atoms with Crippen LogP contribution in [0.15, 0.2) is 77.2 Å². The monoisotopic (exact) mass is 472 g/mol. The van der Waals surface area contributed by atoms with Crippen LogP contribution in [-0.2, 0) is 0 Å². The van der Waals surface area contributed by atoms with Gasteiger partial charge < -0.3 is 14.8 Å². The van der Waals surface area contributed by atoms with Gasteiger partial charge in [-0.2, -0.15) is 5.10 Å². The minimum atomic E-state index is -0.310. The smallest absolute Gasteiger partial charge is 0.271 e. The summed E-state index contributed by atoms with van der Waals surface area (Å²) >= 11 is 1.53. The first kappa shape index (κ1) is 23.0. The van der Waals surface area contributed by atoms with E-state index in [2.05, 4.69) is 39.9 Å². The normalized spacial score (nSPS) is 10.8. The number of carbonyl (C=O) groups is 1. The summed E-state index contributed by atoms with van der Waals surface area (Å²) < 4.78 is 10.5. The lowest BCUT2D eigenvalue weighted by molar-refractivity contribution is 0.0955. The molecule has 8 heteroatoms. The fourth-order valence-corrected chi connectivity index (χ4v) is 3.91. The van der Waals surface area contributed by atoms with Crippen LogP contribution in [0.3, 0.4) is 0 Å². The first-order chi connectivity index (χ1) is 16.6. The topological polar surface area (TPSA) is 84.8 Å². The van der Waals surface area contributed by atoms with E-state index in [0.29, 0.717) is 17.1 Å². The van der Waals surface area contributed by atoms with Gasteiger partial charge in [0.25, 0.3) is 5.91 Å². The van der Waals surface area contributed by atoms with Crippen molar-refractivity contribution in [1.29, 1.82) is 0 Å². The summed E-state index contributed by atoms with van der Waals surface area (Å²) in [6, 6.07) is 20.8. The molecule has 0 unspecified atom stereocenters. The van der Waals surface area contributed by atoms with E-state index >= 15 is 0 Å². The van der Waals surface area contributed by atoms with Crippen molar-refractivity contribution in [2.45, 2.75) is 6.92 Å². The number of aromatic nitrogens is 1. The average molecular weight is 473 g/mol. The standard InChI is InChI=1S/C26H24N4O3S/c1-17-4-11-21(12-5-17)28-26-29-23(16-34-26)18-6-8-19(9-7-18)25(31)30-27-15-20-10-13-22(32-2)14-24(20)33-3/h4-16H,1-3H3,(H,28,29)(H,30,31). The Kier molecular flexibility index (Phi) is 7.19. The van der Waals surface area contributed by atoms with E-state index in [-0.39, 0.29) is 5.91 Å². The molecule has 0 aliphatic heterocycles. The van der Waals surface area contributed by atoms with Gasteiger partial charge >= 0.3 is 0 Å². The third-order valence-electron chi connectivity index (χ3n) is 5.06. The molecule has 0 bridgehead atoms. The largest absolute Gasteiger partial charge is 0.497 e. The van der Waals surface area contributed by atoms with Gasteiger partial charge in [-0.1, -0.05) is 29.8 Å². The second-order valence-corrected chi connectivity index (χ2v) is 8.27. The fourth-order valence-electron chi connectivity index (χ4n) is 3.17. The van der Waals surface area contributed by atoms with E-state index in [9.17, 15) is 4.79 Å². The molecular weight excluding hydrogens is 448 g/mol. The third kappa shape index (κ3) is 5.60. The van der Waals surface area contributed by atoms with E-state index in [1.807, 2.05) is 29.6 Å². The third-order valence-corrected chi connectivity index (χ3v) is 5.82. The summed E-state index contributed by atoms with van der Waals surface area (Å²) in [5, 5.41) is 10.2. The molecule has 7 nitrogen and oxygen atoms in total. The molecule has 2 N–H and O–H groups in total. The van der Waals surface area contributed by atoms with Gasteiger partial charge in [-0.25, -0.2) is 10.4 Å². The van der Waals surface area contributed by atoms with E-state index in [0.717, 1.165) is 27.6 Å². The Morgan fingerprint density at radius 3 is 2.47 bits per heavy atom. The summed E-state index contributed by atoms with van der Waals surface area (Å²) in [7, 11) is 3.15. The van der Waals surface area contributed by atoms with Crippen molar-refractivity contribution in [3.05, 3.63) is 88.8 Å². The summed E-state index contributed by atoms with van der Waals surface area (Å²) in [6.45, 7) is 2.06. The zero-order valence-corrected chi connectivity index (χ0v) is 19.8. The predicted molar refractivity (Wildman–Crippen MR) is 137 cm³/mol. The number of benzene rings is 3. The van der Waals surface area contributed by atoms with Crippen molar-refractivity contribution in [2.75, 3.05) is 19.5 Å². The van der Waals surface area contributed by atoms with Crippen LogP contribution in [0.1, 0.15) is 21.5 Å². The average Bonchev–Trinajstić information content (AvgIpc) is 3.34. The molecule has 1 heterocycles.